The Morgan fingerprint density at radius 2 is 1.86 bits per heavy atom. The molecular weight excluding hydrogens is 366 g/mol. The number of ether oxygens (including phenoxy) is 3. The van der Waals surface area contributed by atoms with Gasteiger partial charge in [-0.25, -0.2) is 4.98 Å². The fourth-order valence-electron chi connectivity index (χ4n) is 3.96. The van der Waals surface area contributed by atoms with Crippen LogP contribution >= 0.6 is 0 Å². The largest absolute Gasteiger partial charge is 0.493 e. The number of rotatable bonds is 6. The summed E-state index contributed by atoms with van der Waals surface area (Å²) in [4.78, 5) is 6.98. The van der Waals surface area contributed by atoms with Crippen LogP contribution in [0, 0.1) is 0 Å². The zero-order chi connectivity index (χ0) is 19.5. The van der Waals surface area contributed by atoms with Crippen LogP contribution in [0.4, 0.5) is 0 Å². The second-order valence-electron chi connectivity index (χ2n) is 7.30. The quantitative estimate of drug-likeness (QED) is 0.646. The lowest BCUT2D eigenvalue weighted by Gasteiger charge is -2.26. The van der Waals surface area contributed by atoms with Gasteiger partial charge in [-0.15, -0.1) is 0 Å². The maximum absolute atomic E-state index is 5.93. The van der Waals surface area contributed by atoms with Crippen LogP contribution in [0.3, 0.4) is 0 Å². The SMILES string of the molecule is c1cc2c(c(-n3ccnc3-c3ccc(OCCN4CCOCC4)cc3)c1)CCO2. The molecular formula is C23H25N3O3. The summed E-state index contributed by atoms with van der Waals surface area (Å²) in [5.74, 6) is 2.78. The normalized spacial score (nSPS) is 16.4. The maximum atomic E-state index is 5.93. The zero-order valence-corrected chi connectivity index (χ0v) is 16.4. The molecule has 2 aromatic carbocycles. The Bertz CT molecular complexity index is 962. The molecule has 6 nitrogen and oxygen atoms in total. The second-order valence-corrected chi connectivity index (χ2v) is 7.30. The molecule has 0 bridgehead atoms. The van der Waals surface area contributed by atoms with Gasteiger partial charge in [-0.3, -0.25) is 9.47 Å². The number of morpholine rings is 1. The summed E-state index contributed by atoms with van der Waals surface area (Å²) < 4.78 is 19.2. The molecule has 2 aliphatic heterocycles. The Labute approximate surface area is 170 Å². The third-order valence-electron chi connectivity index (χ3n) is 5.51. The molecule has 1 fully saturated rings. The lowest BCUT2D eigenvalue weighted by atomic mass is 10.1. The topological polar surface area (TPSA) is 48.8 Å². The first-order chi connectivity index (χ1) is 14.4. The number of benzene rings is 2. The van der Waals surface area contributed by atoms with Crippen molar-refractivity contribution in [1.82, 2.24) is 14.5 Å². The lowest BCUT2D eigenvalue weighted by molar-refractivity contribution is 0.0322. The number of fused-ring (bicyclic) bond motifs is 1. The molecule has 0 unspecified atom stereocenters. The predicted molar refractivity (Wildman–Crippen MR) is 111 cm³/mol. The molecule has 3 aromatic rings. The minimum Gasteiger partial charge on any atom is -0.493 e. The number of imidazole rings is 1. The monoisotopic (exact) mass is 391 g/mol. The lowest BCUT2D eigenvalue weighted by Crippen LogP contribution is -2.38. The Morgan fingerprint density at radius 3 is 2.72 bits per heavy atom. The van der Waals surface area contributed by atoms with Crippen molar-refractivity contribution in [3.63, 3.8) is 0 Å². The van der Waals surface area contributed by atoms with Gasteiger partial charge in [-0.05, 0) is 36.4 Å². The summed E-state index contributed by atoms with van der Waals surface area (Å²) in [7, 11) is 0. The van der Waals surface area contributed by atoms with Gasteiger partial charge >= 0.3 is 0 Å². The molecule has 0 aliphatic carbocycles. The van der Waals surface area contributed by atoms with E-state index in [0.717, 1.165) is 74.5 Å². The minimum atomic E-state index is 0.685. The standard InChI is InChI=1S/C23H25N3O3/c1-2-21(20-8-14-29-22(20)3-1)26-10-9-24-23(26)18-4-6-19(7-5-18)28-17-13-25-11-15-27-16-12-25/h1-7,9-10H,8,11-17H2. The Balaban J connectivity index is 1.29. The molecule has 0 saturated carbocycles. The molecule has 6 heteroatoms. The first-order valence-corrected chi connectivity index (χ1v) is 10.2. The van der Waals surface area contributed by atoms with Crippen LogP contribution < -0.4 is 9.47 Å². The number of nitrogens with zero attached hydrogens (tertiary/aromatic N) is 3. The summed E-state index contributed by atoms with van der Waals surface area (Å²) in [5, 5.41) is 0. The molecule has 150 valence electrons. The van der Waals surface area contributed by atoms with E-state index in [1.54, 1.807) is 0 Å². The minimum absolute atomic E-state index is 0.685. The van der Waals surface area contributed by atoms with Crippen molar-refractivity contribution < 1.29 is 14.2 Å². The number of hydrogen-bond acceptors (Lipinski definition) is 5. The molecule has 0 spiro atoms. The zero-order valence-electron chi connectivity index (χ0n) is 16.4. The molecule has 1 aromatic heterocycles. The van der Waals surface area contributed by atoms with E-state index in [1.807, 2.05) is 36.7 Å². The van der Waals surface area contributed by atoms with Crippen LogP contribution in [-0.2, 0) is 11.2 Å². The average Bonchev–Trinajstić information content (AvgIpc) is 3.44. The molecule has 1 saturated heterocycles. The Kier molecular flexibility index (Phi) is 5.19. The van der Waals surface area contributed by atoms with E-state index < -0.39 is 0 Å². The van der Waals surface area contributed by atoms with E-state index in [2.05, 4.69) is 32.7 Å². The summed E-state index contributed by atoms with van der Waals surface area (Å²) in [6, 6.07) is 14.4. The van der Waals surface area contributed by atoms with E-state index in [9.17, 15) is 0 Å². The van der Waals surface area contributed by atoms with E-state index in [4.69, 9.17) is 14.2 Å². The Hall–Kier alpha value is -2.83. The van der Waals surface area contributed by atoms with Crippen LogP contribution in [0.1, 0.15) is 5.56 Å². The van der Waals surface area contributed by atoms with E-state index in [-0.39, 0.29) is 0 Å². The van der Waals surface area contributed by atoms with Crippen molar-refractivity contribution in [3.05, 3.63) is 60.4 Å². The smallest absolute Gasteiger partial charge is 0.144 e. The third kappa shape index (κ3) is 3.86. The highest BCUT2D eigenvalue weighted by molar-refractivity contribution is 5.62. The fraction of sp³-hybridized carbons (Fsp3) is 0.348. The van der Waals surface area contributed by atoms with Gasteiger partial charge < -0.3 is 14.2 Å². The van der Waals surface area contributed by atoms with Gasteiger partial charge in [0.25, 0.3) is 0 Å². The van der Waals surface area contributed by atoms with E-state index in [0.29, 0.717) is 6.61 Å². The van der Waals surface area contributed by atoms with E-state index in [1.165, 1.54) is 5.56 Å². The van der Waals surface area contributed by atoms with Gasteiger partial charge in [0.1, 0.15) is 23.9 Å². The van der Waals surface area contributed by atoms with Crippen LogP contribution in [0.25, 0.3) is 17.1 Å². The van der Waals surface area contributed by atoms with Crippen LogP contribution in [0.15, 0.2) is 54.9 Å². The maximum Gasteiger partial charge on any atom is 0.144 e. The van der Waals surface area contributed by atoms with Crippen LogP contribution in [0.5, 0.6) is 11.5 Å². The van der Waals surface area contributed by atoms with Gasteiger partial charge in [0.2, 0.25) is 0 Å². The first kappa shape index (κ1) is 18.2. The van der Waals surface area contributed by atoms with Crippen molar-refractivity contribution in [2.75, 3.05) is 46.1 Å². The molecule has 0 amide bonds. The number of hydrogen-bond donors (Lipinski definition) is 0. The van der Waals surface area contributed by atoms with Crippen molar-refractivity contribution in [2.24, 2.45) is 0 Å². The number of aromatic nitrogens is 2. The van der Waals surface area contributed by atoms with Crippen LogP contribution in [-0.4, -0.2) is 60.5 Å². The molecule has 29 heavy (non-hydrogen) atoms. The molecule has 5 rings (SSSR count). The predicted octanol–water partition coefficient (Wildman–Crippen LogP) is 3.19. The van der Waals surface area contributed by atoms with Gasteiger partial charge in [-0.1, -0.05) is 6.07 Å². The van der Waals surface area contributed by atoms with E-state index >= 15 is 0 Å². The molecule has 2 aliphatic rings. The summed E-state index contributed by atoms with van der Waals surface area (Å²) in [5.41, 5.74) is 3.44. The summed E-state index contributed by atoms with van der Waals surface area (Å²) >= 11 is 0. The molecule has 0 atom stereocenters. The van der Waals surface area contributed by atoms with Crippen molar-refractivity contribution in [1.29, 1.82) is 0 Å². The highest BCUT2D eigenvalue weighted by Crippen LogP contribution is 2.33. The molecule has 0 N–H and O–H groups in total. The van der Waals surface area contributed by atoms with Crippen molar-refractivity contribution >= 4 is 0 Å². The fourth-order valence-corrected chi connectivity index (χ4v) is 3.96. The molecule has 0 radical (unpaired) electrons. The van der Waals surface area contributed by atoms with Gasteiger partial charge in [0, 0.05) is 49.6 Å². The van der Waals surface area contributed by atoms with Crippen molar-refractivity contribution in [3.8, 4) is 28.6 Å². The van der Waals surface area contributed by atoms with Crippen LogP contribution in [0.2, 0.25) is 0 Å². The second kappa shape index (κ2) is 8.27. The highest BCUT2D eigenvalue weighted by Gasteiger charge is 2.19. The Morgan fingerprint density at radius 1 is 1.00 bits per heavy atom. The average molecular weight is 391 g/mol. The van der Waals surface area contributed by atoms with Crippen molar-refractivity contribution in [2.45, 2.75) is 6.42 Å². The van der Waals surface area contributed by atoms with Gasteiger partial charge in [-0.2, -0.15) is 0 Å². The highest BCUT2D eigenvalue weighted by atomic mass is 16.5. The molecule has 3 heterocycles. The third-order valence-corrected chi connectivity index (χ3v) is 5.51. The van der Waals surface area contributed by atoms with Gasteiger partial charge in [0.05, 0.1) is 25.5 Å². The van der Waals surface area contributed by atoms with Gasteiger partial charge in [0.15, 0.2) is 0 Å². The summed E-state index contributed by atoms with van der Waals surface area (Å²) in [6.45, 7) is 5.96. The first-order valence-electron chi connectivity index (χ1n) is 10.2. The summed E-state index contributed by atoms with van der Waals surface area (Å²) in [6.07, 6.45) is 4.78.